The number of rotatable bonds is 3. The Bertz CT molecular complexity index is 940. The molecule has 3 nitrogen and oxygen atoms in total. The zero-order valence-electron chi connectivity index (χ0n) is 15.2. The Morgan fingerprint density at radius 3 is 2.38 bits per heavy atom. The molecule has 2 heterocycles. The van der Waals surface area contributed by atoms with Gasteiger partial charge < -0.3 is 0 Å². The van der Waals surface area contributed by atoms with Crippen molar-refractivity contribution in [1.82, 2.24) is 9.78 Å². The van der Waals surface area contributed by atoms with Crippen LogP contribution in [0.25, 0.3) is 16.9 Å². The number of alkyl halides is 3. The van der Waals surface area contributed by atoms with Crippen LogP contribution in [-0.4, -0.2) is 9.78 Å². The summed E-state index contributed by atoms with van der Waals surface area (Å²) in [5, 5.41) is 4.46. The van der Waals surface area contributed by atoms with Crippen LogP contribution in [0.4, 0.5) is 13.2 Å². The molecule has 3 rings (SSSR count). The SMILES string of the molecule is Cc1c(-c2ccn(C(C)C)n2)cc(C(F)(F)F)cc1-[n+]1ccccc1C. The third-order valence-corrected chi connectivity index (χ3v) is 4.44. The second-order valence-corrected chi connectivity index (χ2v) is 6.65. The zero-order valence-corrected chi connectivity index (χ0v) is 15.2. The van der Waals surface area contributed by atoms with Crippen LogP contribution >= 0.6 is 0 Å². The van der Waals surface area contributed by atoms with Crippen LogP contribution in [0.3, 0.4) is 0 Å². The molecule has 6 heteroatoms. The van der Waals surface area contributed by atoms with Gasteiger partial charge in [0.05, 0.1) is 11.3 Å². The van der Waals surface area contributed by atoms with Gasteiger partial charge >= 0.3 is 6.18 Å². The van der Waals surface area contributed by atoms with Gasteiger partial charge in [0.15, 0.2) is 11.9 Å². The quantitative estimate of drug-likeness (QED) is 0.600. The highest BCUT2D eigenvalue weighted by molar-refractivity contribution is 5.68. The maximum Gasteiger partial charge on any atom is 0.416 e. The van der Waals surface area contributed by atoms with E-state index in [1.165, 1.54) is 12.1 Å². The minimum atomic E-state index is -4.43. The summed E-state index contributed by atoms with van der Waals surface area (Å²) >= 11 is 0. The molecule has 0 saturated carbocycles. The highest BCUT2D eigenvalue weighted by Crippen LogP contribution is 2.35. The average molecular weight is 360 g/mol. The summed E-state index contributed by atoms with van der Waals surface area (Å²) in [6, 6.07) is 9.82. The van der Waals surface area contributed by atoms with Crippen LogP contribution in [0.15, 0.2) is 48.8 Å². The van der Waals surface area contributed by atoms with Gasteiger partial charge in [-0.15, -0.1) is 0 Å². The molecule has 0 aliphatic heterocycles. The van der Waals surface area contributed by atoms with Gasteiger partial charge in [0, 0.05) is 48.5 Å². The fourth-order valence-corrected chi connectivity index (χ4v) is 2.95. The third kappa shape index (κ3) is 3.36. The van der Waals surface area contributed by atoms with Crippen molar-refractivity contribution in [3.8, 4) is 16.9 Å². The summed E-state index contributed by atoms with van der Waals surface area (Å²) in [4.78, 5) is 0. The predicted molar refractivity (Wildman–Crippen MR) is 94.1 cm³/mol. The molecule has 0 aliphatic rings. The number of aromatic nitrogens is 3. The predicted octanol–water partition coefficient (Wildman–Crippen LogP) is 5.04. The minimum Gasteiger partial charge on any atom is -0.270 e. The standard InChI is InChI=1S/C20H21F3N3/c1-13(2)26-10-8-18(24-26)17-11-16(20(21,22)23)12-19(15(17)4)25-9-6-5-7-14(25)3/h5-13H,1-4H3/q+1. The van der Waals surface area contributed by atoms with E-state index in [1.54, 1.807) is 33.8 Å². The van der Waals surface area contributed by atoms with Crippen molar-refractivity contribution in [3.05, 3.63) is 65.6 Å². The molecule has 0 spiro atoms. The van der Waals surface area contributed by atoms with Gasteiger partial charge in [-0.25, -0.2) is 0 Å². The lowest BCUT2D eigenvalue weighted by Gasteiger charge is -2.13. The molecule has 26 heavy (non-hydrogen) atoms. The maximum atomic E-state index is 13.5. The minimum absolute atomic E-state index is 0.139. The van der Waals surface area contributed by atoms with E-state index in [0.29, 0.717) is 16.9 Å². The van der Waals surface area contributed by atoms with Crippen molar-refractivity contribution < 1.29 is 17.7 Å². The van der Waals surface area contributed by atoms with Gasteiger partial charge in [0.25, 0.3) is 0 Å². The molecule has 0 radical (unpaired) electrons. The highest BCUT2D eigenvalue weighted by Gasteiger charge is 2.34. The third-order valence-electron chi connectivity index (χ3n) is 4.44. The Labute approximate surface area is 150 Å². The Morgan fingerprint density at radius 1 is 1.08 bits per heavy atom. The normalized spacial score (nSPS) is 12.0. The van der Waals surface area contributed by atoms with E-state index in [4.69, 9.17) is 0 Å². The number of nitrogens with zero attached hydrogens (tertiary/aromatic N) is 3. The molecule has 136 valence electrons. The number of hydrogen-bond donors (Lipinski definition) is 0. The van der Waals surface area contributed by atoms with Crippen LogP contribution in [-0.2, 0) is 6.18 Å². The van der Waals surface area contributed by atoms with Gasteiger partial charge in [0.1, 0.15) is 0 Å². The van der Waals surface area contributed by atoms with Crippen molar-refractivity contribution in [2.45, 2.75) is 39.9 Å². The van der Waals surface area contributed by atoms with E-state index in [1.807, 2.05) is 39.8 Å². The molecular formula is C20H21F3N3+. The lowest BCUT2D eigenvalue weighted by molar-refractivity contribution is -0.603. The fourth-order valence-electron chi connectivity index (χ4n) is 2.95. The first kappa shape index (κ1) is 18.2. The van der Waals surface area contributed by atoms with E-state index in [0.717, 1.165) is 11.3 Å². The smallest absolute Gasteiger partial charge is 0.270 e. The summed E-state index contributed by atoms with van der Waals surface area (Å²) in [6.45, 7) is 7.65. The second-order valence-electron chi connectivity index (χ2n) is 6.65. The number of halogens is 3. The van der Waals surface area contributed by atoms with Crippen molar-refractivity contribution in [2.75, 3.05) is 0 Å². The fraction of sp³-hybridized carbons (Fsp3) is 0.300. The second kappa shape index (κ2) is 6.59. The van der Waals surface area contributed by atoms with Gasteiger partial charge in [-0.05, 0) is 32.9 Å². The molecule has 2 aromatic heterocycles. The highest BCUT2D eigenvalue weighted by atomic mass is 19.4. The summed E-state index contributed by atoms with van der Waals surface area (Å²) in [7, 11) is 0. The Kier molecular flexibility index (Phi) is 4.61. The molecule has 0 amide bonds. The molecule has 0 aliphatic carbocycles. The van der Waals surface area contributed by atoms with Crippen LogP contribution in [0.1, 0.15) is 36.7 Å². The van der Waals surface area contributed by atoms with E-state index >= 15 is 0 Å². The summed E-state index contributed by atoms with van der Waals surface area (Å²) < 4.78 is 44.0. The summed E-state index contributed by atoms with van der Waals surface area (Å²) in [5.74, 6) is 0. The number of aryl methyl sites for hydroxylation is 1. The monoisotopic (exact) mass is 360 g/mol. The van der Waals surface area contributed by atoms with Gasteiger partial charge in [0.2, 0.25) is 5.69 Å². The van der Waals surface area contributed by atoms with Crippen LogP contribution < -0.4 is 4.57 Å². The first-order chi connectivity index (χ1) is 12.2. The van der Waals surface area contributed by atoms with E-state index in [9.17, 15) is 13.2 Å². The number of hydrogen-bond acceptors (Lipinski definition) is 1. The molecule has 0 saturated heterocycles. The number of pyridine rings is 1. The molecule has 0 unspecified atom stereocenters. The van der Waals surface area contributed by atoms with E-state index in [-0.39, 0.29) is 6.04 Å². The van der Waals surface area contributed by atoms with E-state index < -0.39 is 11.7 Å². The molecule has 0 bridgehead atoms. The van der Waals surface area contributed by atoms with Crippen molar-refractivity contribution in [2.24, 2.45) is 0 Å². The molecular weight excluding hydrogens is 339 g/mol. The molecule has 3 aromatic rings. The zero-order chi connectivity index (χ0) is 19.1. The molecule has 0 atom stereocenters. The molecule has 1 aromatic carbocycles. The van der Waals surface area contributed by atoms with Crippen LogP contribution in [0.5, 0.6) is 0 Å². The Balaban J connectivity index is 2.27. The number of benzene rings is 1. The first-order valence-corrected chi connectivity index (χ1v) is 8.43. The lowest BCUT2D eigenvalue weighted by atomic mass is 9.99. The molecule has 0 N–H and O–H groups in total. The van der Waals surface area contributed by atoms with Crippen molar-refractivity contribution >= 4 is 0 Å². The summed E-state index contributed by atoms with van der Waals surface area (Å²) in [5.41, 5.74) is 2.47. The van der Waals surface area contributed by atoms with Gasteiger partial charge in [-0.3, -0.25) is 4.68 Å². The molecule has 0 fully saturated rings. The first-order valence-electron chi connectivity index (χ1n) is 8.43. The Hall–Kier alpha value is -2.63. The van der Waals surface area contributed by atoms with Crippen molar-refractivity contribution in [1.29, 1.82) is 0 Å². The van der Waals surface area contributed by atoms with E-state index in [2.05, 4.69) is 5.10 Å². The summed E-state index contributed by atoms with van der Waals surface area (Å²) in [6.07, 6.45) is -0.865. The largest absolute Gasteiger partial charge is 0.416 e. The topological polar surface area (TPSA) is 21.7 Å². The van der Waals surface area contributed by atoms with Crippen LogP contribution in [0.2, 0.25) is 0 Å². The van der Waals surface area contributed by atoms with Crippen molar-refractivity contribution in [3.63, 3.8) is 0 Å². The maximum absolute atomic E-state index is 13.5. The van der Waals surface area contributed by atoms with Crippen LogP contribution in [0, 0.1) is 13.8 Å². The Morgan fingerprint density at radius 2 is 1.81 bits per heavy atom. The lowest BCUT2D eigenvalue weighted by Crippen LogP contribution is -2.35. The average Bonchev–Trinajstić information content (AvgIpc) is 3.05. The van der Waals surface area contributed by atoms with Gasteiger partial charge in [-0.1, -0.05) is 6.07 Å². The van der Waals surface area contributed by atoms with Gasteiger partial charge in [-0.2, -0.15) is 22.8 Å².